The lowest BCUT2D eigenvalue weighted by Gasteiger charge is -2.16. The van der Waals surface area contributed by atoms with Gasteiger partial charge in [0.2, 0.25) is 0 Å². The Kier molecular flexibility index (Phi) is 3.30. The predicted molar refractivity (Wildman–Crippen MR) is 74.8 cm³/mol. The van der Waals surface area contributed by atoms with Crippen LogP contribution in [0.1, 0.15) is 39.7 Å². The average molecular weight is 238 g/mol. The zero-order valence-corrected chi connectivity index (χ0v) is 11.4. The third-order valence-electron chi connectivity index (χ3n) is 3.24. The molecule has 0 bridgehead atoms. The van der Waals surface area contributed by atoms with Gasteiger partial charge < -0.3 is 4.42 Å². The topological polar surface area (TPSA) is 13.1 Å². The SMILES string of the molecule is C#CC(c1ccc(C)o1)c1c(C)cc(C)cc1C. The van der Waals surface area contributed by atoms with Gasteiger partial charge in [0, 0.05) is 0 Å². The minimum absolute atomic E-state index is 0.0979. The summed E-state index contributed by atoms with van der Waals surface area (Å²) < 4.78 is 5.69. The van der Waals surface area contributed by atoms with Gasteiger partial charge in [0.05, 0.1) is 0 Å². The second-order valence-electron chi connectivity index (χ2n) is 4.86. The summed E-state index contributed by atoms with van der Waals surface area (Å²) in [5.41, 5.74) is 4.91. The molecule has 0 spiro atoms. The Bertz CT molecular complexity index is 588. The standard InChI is InChI=1S/C17H18O/c1-6-15(16-8-7-14(5)18-16)17-12(3)9-11(2)10-13(17)4/h1,7-10,15H,2-5H3. The first-order chi connectivity index (χ1) is 8.52. The number of terminal acetylenes is 1. The highest BCUT2D eigenvalue weighted by atomic mass is 16.3. The van der Waals surface area contributed by atoms with Gasteiger partial charge in [-0.2, -0.15) is 0 Å². The molecule has 92 valence electrons. The van der Waals surface area contributed by atoms with Crippen molar-refractivity contribution in [2.45, 2.75) is 33.6 Å². The Morgan fingerprint density at radius 1 is 1.06 bits per heavy atom. The Morgan fingerprint density at radius 3 is 2.11 bits per heavy atom. The second kappa shape index (κ2) is 4.74. The van der Waals surface area contributed by atoms with Gasteiger partial charge in [0.1, 0.15) is 17.4 Å². The van der Waals surface area contributed by atoms with Crippen LogP contribution in [0.5, 0.6) is 0 Å². The van der Waals surface area contributed by atoms with Crippen LogP contribution >= 0.6 is 0 Å². The number of rotatable bonds is 2. The number of furan rings is 1. The van der Waals surface area contributed by atoms with Crippen molar-refractivity contribution in [3.8, 4) is 12.3 Å². The minimum atomic E-state index is -0.0979. The molecule has 0 fully saturated rings. The lowest BCUT2D eigenvalue weighted by atomic mass is 9.88. The molecule has 1 aromatic carbocycles. The van der Waals surface area contributed by atoms with Crippen molar-refractivity contribution in [3.63, 3.8) is 0 Å². The lowest BCUT2D eigenvalue weighted by molar-refractivity contribution is 0.482. The fraction of sp³-hybridized carbons (Fsp3) is 0.294. The van der Waals surface area contributed by atoms with E-state index in [1.54, 1.807) is 0 Å². The molecule has 1 atom stereocenters. The van der Waals surface area contributed by atoms with Crippen molar-refractivity contribution in [1.82, 2.24) is 0 Å². The minimum Gasteiger partial charge on any atom is -0.465 e. The van der Waals surface area contributed by atoms with E-state index in [1.807, 2.05) is 19.1 Å². The second-order valence-corrected chi connectivity index (χ2v) is 4.86. The largest absolute Gasteiger partial charge is 0.465 e. The van der Waals surface area contributed by atoms with Crippen LogP contribution in [0.2, 0.25) is 0 Å². The molecule has 0 aliphatic carbocycles. The van der Waals surface area contributed by atoms with Crippen molar-refractivity contribution >= 4 is 0 Å². The summed E-state index contributed by atoms with van der Waals surface area (Å²) in [7, 11) is 0. The number of aryl methyl sites for hydroxylation is 4. The zero-order chi connectivity index (χ0) is 13.3. The van der Waals surface area contributed by atoms with Crippen LogP contribution in [0.4, 0.5) is 0 Å². The van der Waals surface area contributed by atoms with Crippen LogP contribution in [-0.4, -0.2) is 0 Å². The Hall–Kier alpha value is -1.94. The van der Waals surface area contributed by atoms with Crippen molar-refractivity contribution in [1.29, 1.82) is 0 Å². The van der Waals surface area contributed by atoms with E-state index < -0.39 is 0 Å². The molecule has 0 aliphatic heterocycles. The third-order valence-corrected chi connectivity index (χ3v) is 3.24. The van der Waals surface area contributed by atoms with Gasteiger partial charge >= 0.3 is 0 Å². The van der Waals surface area contributed by atoms with E-state index in [0.29, 0.717) is 0 Å². The Labute approximate surface area is 109 Å². The summed E-state index contributed by atoms with van der Waals surface area (Å²) in [4.78, 5) is 0. The normalized spacial score (nSPS) is 12.2. The molecular formula is C17H18O. The highest BCUT2D eigenvalue weighted by molar-refractivity contribution is 5.46. The predicted octanol–water partition coefficient (Wildman–Crippen LogP) is 4.28. The Morgan fingerprint density at radius 2 is 1.67 bits per heavy atom. The fourth-order valence-electron chi connectivity index (χ4n) is 2.56. The van der Waals surface area contributed by atoms with Gasteiger partial charge in [-0.25, -0.2) is 0 Å². The molecule has 2 rings (SSSR count). The van der Waals surface area contributed by atoms with E-state index in [-0.39, 0.29) is 5.92 Å². The van der Waals surface area contributed by atoms with Gasteiger partial charge in [0.25, 0.3) is 0 Å². The molecule has 1 aromatic heterocycles. The quantitative estimate of drug-likeness (QED) is 0.712. The summed E-state index contributed by atoms with van der Waals surface area (Å²) in [6.07, 6.45) is 5.71. The smallest absolute Gasteiger partial charge is 0.123 e. The lowest BCUT2D eigenvalue weighted by Crippen LogP contribution is -2.03. The molecule has 0 radical (unpaired) electrons. The molecule has 1 heteroatoms. The number of benzene rings is 1. The highest BCUT2D eigenvalue weighted by Crippen LogP contribution is 2.31. The van der Waals surface area contributed by atoms with Crippen LogP contribution < -0.4 is 0 Å². The molecule has 18 heavy (non-hydrogen) atoms. The van der Waals surface area contributed by atoms with E-state index in [9.17, 15) is 0 Å². The fourth-order valence-corrected chi connectivity index (χ4v) is 2.56. The van der Waals surface area contributed by atoms with Gasteiger partial charge in [-0.05, 0) is 56.5 Å². The third kappa shape index (κ3) is 2.19. The molecule has 0 saturated heterocycles. The summed E-state index contributed by atoms with van der Waals surface area (Å²) in [6.45, 7) is 8.25. The molecule has 1 heterocycles. The summed E-state index contributed by atoms with van der Waals surface area (Å²) in [6, 6.07) is 8.27. The van der Waals surface area contributed by atoms with Crippen molar-refractivity contribution in [3.05, 3.63) is 58.0 Å². The summed E-state index contributed by atoms with van der Waals surface area (Å²) in [5, 5.41) is 0. The van der Waals surface area contributed by atoms with Crippen LogP contribution in [-0.2, 0) is 0 Å². The van der Waals surface area contributed by atoms with E-state index >= 15 is 0 Å². The number of hydrogen-bond donors (Lipinski definition) is 0. The maximum Gasteiger partial charge on any atom is 0.123 e. The first kappa shape index (κ1) is 12.5. The summed E-state index contributed by atoms with van der Waals surface area (Å²) >= 11 is 0. The van der Waals surface area contributed by atoms with Gasteiger partial charge in [-0.15, -0.1) is 6.42 Å². The van der Waals surface area contributed by atoms with Crippen LogP contribution in [0.3, 0.4) is 0 Å². The molecule has 1 unspecified atom stereocenters. The first-order valence-electron chi connectivity index (χ1n) is 6.13. The first-order valence-corrected chi connectivity index (χ1v) is 6.13. The molecule has 2 aromatic rings. The maximum atomic E-state index is 5.71. The van der Waals surface area contributed by atoms with E-state index in [1.165, 1.54) is 22.3 Å². The molecule has 0 saturated carbocycles. The molecule has 1 nitrogen and oxygen atoms in total. The van der Waals surface area contributed by atoms with E-state index in [2.05, 4.69) is 38.8 Å². The van der Waals surface area contributed by atoms with E-state index in [4.69, 9.17) is 10.8 Å². The van der Waals surface area contributed by atoms with E-state index in [0.717, 1.165) is 11.5 Å². The van der Waals surface area contributed by atoms with Crippen molar-refractivity contribution in [2.75, 3.05) is 0 Å². The van der Waals surface area contributed by atoms with Crippen LogP contribution in [0, 0.1) is 40.0 Å². The summed E-state index contributed by atoms with van der Waals surface area (Å²) in [5.74, 6) is 4.51. The molecule has 0 N–H and O–H groups in total. The van der Waals surface area contributed by atoms with Gasteiger partial charge in [-0.3, -0.25) is 0 Å². The van der Waals surface area contributed by atoms with Crippen molar-refractivity contribution in [2.24, 2.45) is 0 Å². The highest BCUT2D eigenvalue weighted by Gasteiger charge is 2.19. The molecule has 0 aliphatic rings. The van der Waals surface area contributed by atoms with Crippen LogP contribution in [0.15, 0.2) is 28.7 Å². The Balaban J connectivity index is 2.56. The monoisotopic (exact) mass is 238 g/mol. The van der Waals surface area contributed by atoms with Crippen LogP contribution in [0.25, 0.3) is 0 Å². The maximum absolute atomic E-state index is 5.71. The average Bonchev–Trinajstić information content (AvgIpc) is 2.69. The zero-order valence-electron chi connectivity index (χ0n) is 11.4. The van der Waals surface area contributed by atoms with Crippen molar-refractivity contribution < 1.29 is 4.42 Å². The van der Waals surface area contributed by atoms with Gasteiger partial charge in [0.15, 0.2) is 0 Å². The van der Waals surface area contributed by atoms with Gasteiger partial charge in [-0.1, -0.05) is 23.6 Å². The molecule has 0 amide bonds. The molecular weight excluding hydrogens is 220 g/mol. The number of hydrogen-bond acceptors (Lipinski definition) is 1.